The van der Waals surface area contributed by atoms with Gasteiger partial charge in [0.05, 0.1) is 0 Å². The molecule has 1 atom stereocenters. The van der Waals surface area contributed by atoms with Crippen LogP contribution in [0.4, 0.5) is 0 Å². The second-order valence-electron chi connectivity index (χ2n) is 4.02. The molecular formula is C11H24. The lowest BCUT2D eigenvalue weighted by Crippen LogP contribution is -2.14. The normalized spacial score (nSPS) is 16.4. The van der Waals surface area contributed by atoms with Gasteiger partial charge < -0.3 is 0 Å². The predicted molar refractivity (Wildman–Crippen MR) is 52.8 cm³/mol. The third-order valence-corrected chi connectivity index (χ3v) is 2.84. The fourth-order valence-corrected chi connectivity index (χ4v) is 1.69. The van der Waals surface area contributed by atoms with Gasteiger partial charge in [-0.3, -0.25) is 0 Å². The molecule has 0 aromatic carbocycles. The van der Waals surface area contributed by atoms with Crippen molar-refractivity contribution in [3.05, 3.63) is 0 Å². The Balaban J connectivity index is 3.68. The van der Waals surface area contributed by atoms with E-state index >= 15 is 0 Å². The van der Waals surface area contributed by atoms with E-state index in [1.165, 1.54) is 38.5 Å². The Labute approximate surface area is 72.4 Å². The van der Waals surface area contributed by atoms with E-state index in [-0.39, 0.29) is 0 Å². The number of hydrogen-bond donors (Lipinski definition) is 0. The molecule has 0 aliphatic carbocycles. The van der Waals surface area contributed by atoms with E-state index in [1.54, 1.807) is 0 Å². The highest BCUT2D eigenvalue weighted by atomic mass is 14.2. The Hall–Kier alpha value is 0. The van der Waals surface area contributed by atoms with Gasteiger partial charge in [-0.1, -0.05) is 53.4 Å². The molecule has 11 heavy (non-hydrogen) atoms. The van der Waals surface area contributed by atoms with Crippen LogP contribution in [0.5, 0.6) is 0 Å². The molecule has 0 heteroatoms. The van der Waals surface area contributed by atoms with E-state index in [1.807, 2.05) is 0 Å². The SMILES string of the molecule is CCCC[C@](C)(CC)CCC. The minimum Gasteiger partial charge on any atom is -0.0654 e. The molecule has 0 nitrogen and oxygen atoms in total. The second-order valence-corrected chi connectivity index (χ2v) is 4.02. The fraction of sp³-hybridized carbons (Fsp3) is 1.00. The Bertz CT molecular complexity index is 86.0. The van der Waals surface area contributed by atoms with Gasteiger partial charge in [0.15, 0.2) is 0 Å². The molecular weight excluding hydrogens is 132 g/mol. The second kappa shape index (κ2) is 5.62. The van der Waals surface area contributed by atoms with Crippen molar-refractivity contribution in [3.63, 3.8) is 0 Å². The molecule has 0 unspecified atom stereocenters. The molecule has 0 aromatic rings. The zero-order valence-electron chi connectivity index (χ0n) is 8.74. The molecule has 0 fully saturated rings. The molecule has 68 valence electrons. The van der Waals surface area contributed by atoms with Gasteiger partial charge >= 0.3 is 0 Å². The van der Waals surface area contributed by atoms with Crippen LogP contribution in [0.2, 0.25) is 0 Å². The molecule has 0 amide bonds. The summed E-state index contributed by atoms with van der Waals surface area (Å²) in [6.07, 6.45) is 8.27. The third kappa shape index (κ3) is 4.44. The zero-order valence-corrected chi connectivity index (χ0v) is 8.74. The van der Waals surface area contributed by atoms with Crippen LogP contribution in [-0.4, -0.2) is 0 Å². The van der Waals surface area contributed by atoms with E-state index in [0.717, 1.165) is 0 Å². The summed E-state index contributed by atoms with van der Waals surface area (Å²) in [4.78, 5) is 0. The number of unbranched alkanes of at least 4 members (excludes halogenated alkanes) is 1. The largest absolute Gasteiger partial charge is 0.0654 e. The minimum atomic E-state index is 0.644. The molecule has 0 aliphatic heterocycles. The van der Waals surface area contributed by atoms with Crippen LogP contribution in [0.25, 0.3) is 0 Å². The van der Waals surface area contributed by atoms with Gasteiger partial charge in [-0.2, -0.15) is 0 Å². The maximum absolute atomic E-state index is 2.44. The highest BCUT2D eigenvalue weighted by Gasteiger charge is 2.19. The standard InChI is InChI=1S/C11H24/c1-5-8-10-11(4,7-3)9-6-2/h5-10H2,1-4H3/t11-/m1/s1. The van der Waals surface area contributed by atoms with Crippen LogP contribution in [-0.2, 0) is 0 Å². The third-order valence-electron chi connectivity index (χ3n) is 2.84. The molecule has 0 bridgehead atoms. The van der Waals surface area contributed by atoms with Crippen LogP contribution < -0.4 is 0 Å². The van der Waals surface area contributed by atoms with Gasteiger partial charge in [0.2, 0.25) is 0 Å². The lowest BCUT2D eigenvalue weighted by atomic mass is 9.79. The summed E-state index contributed by atoms with van der Waals surface area (Å²) < 4.78 is 0. The first-order chi connectivity index (χ1) is 5.18. The van der Waals surface area contributed by atoms with Gasteiger partial charge in [0, 0.05) is 0 Å². The van der Waals surface area contributed by atoms with Crippen LogP contribution in [0, 0.1) is 5.41 Å². The van der Waals surface area contributed by atoms with Crippen molar-refractivity contribution in [1.82, 2.24) is 0 Å². The highest BCUT2D eigenvalue weighted by Crippen LogP contribution is 2.32. The maximum atomic E-state index is 2.44. The maximum Gasteiger partial charge on any atom is -0.0329 e. The smallest absolute Gasteiger partial charge is 0.0329 e. The summed E-state index contributed by atoms with van der Waals surface area (Å²) in [5, 5.41) is 0. The van der Waals surface area contributed by atoms with Crippen LogP contribution in [0.15, 0.2) is 0 Å². The monoisotopic (exact) mass is 156 g/mol. The Morgan fingerprint density at radius 2 is 1.55 bits per heavy atom. The van der Waals surface area contributed by atoms with Crippen LogP contribution in [0.3, 0.4) is 0 Å². The predicted octanol–water partition coefficient (Wildman–Crippen LogP) is 4.39. The molecule has 0 aliphatic rings. The quantitative estimate of drug-likeness (QED) is 0.535. The average Bonchev–Trinajstić information content (AvgIpc) is 2.02. The Morgan fingerprint density at radius 3 is 1.91 bits per heavy atom. The highest BCUT2D eigenvalue weighted by molar-refractivity contribution is 4.71. The molecule has 0 rings (SSSR count). The molecule has 0 saturated heterocycles. The van der Waals surface area contributed by atoms with Crippen molar-refractivity contribution < 1.29 is 0 Å². The van der Waals surface area contributed by atoms with Crippen molar-refractivity contribution in [2.24, 2.45) is 5.41 Å². The van der Waals surface area contributed by atoms with E-state index in [9.17, 15) is 0 Å². The summed E-state index contributed by atoms with van der Waals surface area (Å²) in [7, 11) is 0. The summed E-state index contributed by atoms with van der Waals surface area (Å²) >= 11 is 0. The van der Waals surface area contributed by atoms with E-state index in [4.69, 9.17) is 0 Å². The first kappa shape index (κ1) is 11.0. The first-order valence-electron chi connectivity index (χ1n) is 5.18. The summed E-state index contributed by atoms with van der Waals surface area (Å²) in [6.45, 7) is 9.33. The van der Waals surface area contributed by atoms with Gasteiger partial charge in [0.1, 0.15) is 0 Å². The van der Waals surface area contributed by atoms with Gasteiger partial charge in [-0.05, 0) is 18.3 Å². The summed E-state index contributed by atoms with van der Waals surface area (Å²) in [5.41, 5.74) is 0.644. The lowest BCUT2D eigenvalue weighted by molar-refractivity contribution is 0.250. The van der Waals surface area contributed by atoms with E-state index in [2.05, 4.69) is 27.7 Å². The average molecular weight is 156 g/mol. The molecule has 0 radical (unpaired) electrons. The number of rotatable bonds is 6. The lowest BCUT2D eigenvalue weighted by Gasteiger charge is -2.27. The van der Waals surface area contributed by atoms with Crippen molar-refractivity contribution in [2.75, 3.05) is 0 Å². The van der Waals surface area contributed by atoms with Gasteiger partial charge in [0.25, 0.3) is 0 Å². The van der Waals surface area contributed by atoms with Crippen molar-refractivity contribution in [3.8, 4) is 0 Å². The molecule has 0 N–H and O–H groups in total. The van der Waals surface area contributed by atoms with E-state index in [0.29, 0.717) is 5.41 Å². The van der Waals surface area contributed by atoms with Crippen molar-refractivity contribution in [2.45, 2.75) is 66.2 Å². The summed E-state index contributed by atoms with van der Waals surface area (Å²) in [5.74, 6) is 0. The topological polar surface area (TPSA) is 0 Å². The zero-order chi connectivity index (χ0) is 8.74. The van der Waals surface area contributed by atoms with E-state index < -0.39 is 0 Å². The van der Waals surface area contributed by atoms with Crippen LogP contribution >= 0.6 is 0 Å². The minimum absolute atomic E-state index is 0.644. The molecule has 0 heterocycles. The fourth-order valence-electron chi connectivity index (χ4n) is 1.69. The van der Waals surface area contributed by atoms with Crippen LogP contribution in [0.1, 0.15) is 66.2 Å². The van der Waals surface area contributed by atoms with Gasteiger partial charge in [-0.15, -0.1) is 0 Å². The first-order valence-corrected chi connectivity index (χ1v) is 5.18. The number of hydrogen-bond acceptors (Lipinski definition) is 0. The Kier molecular flexibility index (Phi) is 5.62. The Morgan fingerprint density at radius 1 is 0.909 bits per heavy atom. The molecule has 0 spiro atoms. The molecule has 0 saturated carbocycles. The summed E-state index contributed by atoms with van der Waals surface area (Å²) in [6, 6.07) is 0. The van der Waals surface area contributed by atoms with Crippen molar-refractivity contribution in [1.29, 1.82) is 0 Å². The van der Waals surface area contributed by atoms with Crippen molar-refractivity contribution >= 4 is 0 Å². The van der Waals surface area contributed by atoms with Gasteiger partial charge in [-0.25, -0.2) is 0 Å². The molecule has 0 aromatic heterocycles.